The Hall–Kier alpha value is -2.58. The van der Waals surface area contributed by atoms with Crippen LogP contribution in [0.15, 0.2) is 41.3 Å². The van der Waals surface area contributed by atoms with Gasteiger partial charge in [-0.15, -0.1) is 0 Å². The number of rotatable bonds is 5. The van der Waals surface area contributed by atoms with E-state index in [2.05, 4.69) is 5.32 Å². The number of benzene rings is 2. The summed E-state index contributed by atoms with van der Waals surface area (Å²) in [5.41, 5.74) is 2.54. The van der Waals surface area contributed by atoms with Crippen LogP contribution in [0.5, 0.6) is 11.5 Å². The minimum atomic E-state index is -3.86. The SMILES string of the molecule is Cc1cccc(C)c1NC(=O)CN(C)S(=O)(=O)c1ccc2c(c1)OCCCO2. The fourth-order valence-corrected chi connectivity index (χ4v) is 4.10. The van der Waals surface area contributed by atoms with Crippen molar-refractivity contribution in [2.45, 2.75) is 25.2 Å². The Balaban J connectivity index is 1.75. The Bertz CT molecular complexity index is 968. The quantitative estimate of drug-likeness (QED) is 0.828. The van der Waals surface area contributed by atoms with E-state index in [1.807, 2.05) is 32.0 Å². The summed E-state index contributed by atoms with van der Waals surface area (Å²) in [6.07, 6.45) is 0.731. The van der Waals surface area contributed by atoms with Gasteiger partial charge in [-0.05, 0) is 37.1 Å². The Labute approximate surface area is 165 Å². The lowest BCUT2D eigenvalue weighted by atomic mass is 10.1. The maximum atomic E-state index is 12.9. The first-order chi connectivity index (χ1) is 13.3. The Kier molecular flexibility index (Phi) is 5.90. The van der Waals surface area contributed by atoms with Gasteiger partial charge in [-0.2, -0.15) is 4.31 Å². The fraction of sp³-hybridized carbons (Fsp3) is 0.350. The number of anilines is 1. The number of para-hydroxylation sites is 1. The van der Waals surface area contributed by atoms with E-state index in [0.717, 1.165) is 21.9 Å². The first kappa shape index (κ1) is 20.2. The van der Waals surface area contributed by atoms with E-state index in [4.69, 9.17) is 9.47 Å². The molecule has 0 aliphatic carbocycles. The van der Waals surface area contributed by atoms with Crippen molar-refractivity contribution in [3.63, 3.8) is 0 Å². The number of sulfonamides is 1. The van der Waals surface area contributed by atoms with Crippen LogP contribution in [0.2, 0.25) is 0 Å². The summed E-state index contributed by atoms with van der Waals surface area (Å²) in [5.74, 6) is 0.511. The number of aryl methyl sites for hydroxylation is 2. The van der Waals surface area contributed by atoms with Crippen molar-refractivity contribution in [2.75, 3.05) is 32.1 Å². The third kappa shape index (κ3) is 4.28. The molecule has 2 aromatic carbocycles. The molecule has 1 aliphatic heterocycles. The van der Waals surface area contributed by atoms with Gasteiger partial charge in [-0.3, -0.25) is 4.79 Å². The van der Waals surface area contributed by atoms with E-state index in [1.165, 1.54) is 19.2 Å². The maximum Gasteiger partial charge on any atom is 0.243 e. The predicted octanol–water partition coefficient (Wildman–Crippen LogP) is 2.72. The molecule has 1 heterocycles. The molecule has 0 unspecified atom stereocenters. The van der Waals surface area contributed by atoms with Crippen LogP contribution in [-0.4, -0.2) is 45.4 Å². The van der Waals surface area contributed by atoms with Gasteiger partial charge in [-0.1, -0.05) is 18.2 Å². The molecule has 7 nitrogen and oxygen atoms in total. The zero-order chi connectivity index (χ0) is 20.3. The standard InChI is InChI=1S/C20H24N2O5S/c1-14-6-4-7-15(2)20(14)21-19(23)13-22(3)28(24,25)16-8-9-17-18(12-16)27-11-5-10-26-17/h4,6-9,12H,5,10-11,13H2,1-3H3,(H,21,23). The van der Waals surface area contributed by atoms with Crippen molar-refractivity contribution in [2.24, 2.45) is 0 Å². The number of hydrogen-bond acceptors (Lipinski definition) is 5. The topological polar surface area (TPSA) is 84.9 Å². The minimum absolute atomic E-state index is 0.0547. The molecule has 0 aromatic heterocycles. The second kappa shape index (κ2) is 8.20. The minimum Gasteiger partial charge on any atom is -0.490 e. The van der Waals surface area contributed by atoms with Crippen LogP contribution < -0.4 is 14.8 Å². The molecule has 3 rings (SSSR count). The maximum absolute atomic E-state index is 12.9. The van der Waals surface area contributed by atoms with Crippen molar-refractivity contribution in [3.05, 3.63) is 47.5 Å². The molecule has 1 N–H and O–H groups in total. The van der Waals surface area contributed by atoms with Crippen LogP contribution in [0.25, 0.3) is 0 Å². The normalized spacial score (nSPS) is 13.9. The number of fused-ring (bicyclic) bond motifs is 1. The Morgan fingerprint density at radius 1 is 1.07 bits per heavy atom. The molecule has 0 radical (unpaired) electrons. The van der Waals surface area contributed by atoms with Crippen molar-refractivity contribution >= 4 is 21.6 Å². The molecule has 0 bridgehead atoms. The summed E-state index contributed by atoms with van der Waals surface area (Å²) in [7, 11) is -2.48. The van der Waals surface area contributed by atoms with Gasteiger partial charge in [0.15, 0.2) is 11.5 Å². The highest BCUT2D eigenvalue weighted by molar-refractivity contribution is 7.89. The molecule has 0 spiro atoms. The number of carbonyl (C=O) groups is 1. The molecule has 8 heteroatoms. The molecule has 28 heavy (non-hydrogen) atoms. The van der Waals surface area contributed by atoms with E-state index in [9.17, 15) is 13.2 Å². The van der Waals surface area contributed by atoms with E-state index < -0.39 is 15.9 Å². The highest BCUT2D eigenvalue weighted by atomic mass is 32.2. The van der Waals surface area contributed by atoms with Crippen molar-refractivity contribution in [3.8, 4) is 11.5 Å². The predicted molar refractivity (Wildman–Crippen MR) is 106 cm³/mol. The molecule has 0 saturated carbocycles. The van der Waals surface area contributed by atoms with Crippen LogP contribution in [0.4, 0.5) is 5.69 Å². The van der Waals surface area contributed by atoms with Crippen LogP contribution in [0.3, 0.4) is 0 Å². The number of ether oxygens (including phenoxy) is 2. The Morgan fingerprint density at radius 2 is 1.71 bits per heavy atom. The average Bonchev–Trinajstić information content (AvgIpc) is 2.89. The number of hydrogen-bond donors (Lipinski definition) is 1. The molecule has 0 fully saturated rings. The van der Waals surface area contributed by atoms with Gasteiger partial charge >= 0.3 is 0 Å². The lowest BCUT2D eigenvalue weighted by Crippen LogP contribution is -2.35. The summed E-state index contributed by atoms with van der Waals surface area (Å²) in [4.78, 5) is 12.5. The summed E-state index contributed by atoms with van der Waals surface area (Å²) >= 11 is 0. The van der Waals surface area contributed by atoms with E-state index in [0.29, 0.717) is 30.4 Å². The van der Waals surface area contributed by atoms with E-state index in [-0.39, 0.29) is 11.4 Å². The van der Waals surface area contributed by atoms with Crippen LogP contribution >= 0.6 is 0 Å². The smallest absolute Gasteiger partial charge is 0.243 e. The molecular formula is C20H24N2O5S. The van der Waals surface area contributed by atoms with Gasteiger partial charge in [0.25, 0.3) is 0 Å². The zero-order valence-corrected chi connectivity index (χ0v) is 17.0. The molecular weight excluding hydrogens is 380 g/mol. The Morgan fingerprint density at radius 3 is 2.39 bits per heavy atom. The number of carbonyl (C=O) groups excluding carboxylic acids is 1. The lowest BCUT2D eigenvalue weighted by Gasteiger charge is -2.19. The van der Waals surface area contributed by atoms with E-state index >= 15 is 0 Å². The van der Waals surface area contributed by atoms with Crippen molar-refractivity contribution in [1.82, 2.24) is 4.31 Å². The van der Waals surface area contributed by atoms with Crippen LogP contribution in [0.1, 0.15) is 17.5 Å². The van der Waals surface area contributed by atoms with Crippen LogP contribution in [-0.2, 0) is 14.8 Å². The molecule has 1 aliphatic rings. The monoisotopic (exact) mass is 404 g/mol. The third-order valence-electron chi connectivity index (χ3n) is 4.54. The van der Waals surface area contributed by atoms with Crippen molar-refractivity contribution in [1.29, 1.82) is 0 Å². The van der Waals surface area contributed by atoms with Gasteiger partial charge < -0.3 is 14.8 Å². The number of likely N-dealkylation sites (N-methyl/N-ethyl adjacent to an activating group) is 1. The average molecular weight is 404 g/mol. The number of nitrogens with zero attached hydrogens (tertiary/aromatic N) is 1. The summed E-state index contributed by atoms with van der Waals surface area (Å²) in [5, 5.41) is 2.80. The molecule has 0 atom stereocenters. The summed E-state index contributed by atoms with van der Waals surface area (Å²) < 4.78 is 37.9. The van der Waals surface area contributed by atoms with Crippen LogP contribution in [0, 0.1) is 13.8 Å². The summed E-state index contributed by atoms with van der Waals surface area (Å²) in [6.45, 7) is 4.47. The van der Waals surface area contributed by atoms with Gasteiger partial charge in [0.2, 0.25) is 15.9 Å². The second-order valence-electron chi connectivity index (χ2n) is 6.74. The second-order valence-corrected chi connectivity index (χ2v) is 8.78. The first-order valence-electron chi connectivity index (χ1n) is 9.01. The number of amides is 1. The molecule has 0 saturated heterocycles. The first-order valence-corrected chi connectivity index (χ1v) is 10.4. The van der Waals surface area contributed by atoms with E-state index in [1.54, 1.807) is 6.07 Å². The molecule has 1 amide bonds. The lowest BCUT2D eigenvalue weighted by molar-refractivity contribution is -0.116. The van der Waals surface area contributed by atoms with Gasteiger partial charge in [0.1, 0.15) is 0 Å². The third-order valence-corrected chi connectivity index (χ3v) is 6.34. The van der Waals surface area contributed by atoms with Gasteiger partial charge in [0.05, 0.1) is 24.7 Å². The van der Waals surface area contributed by atoms with Gasteiger partial charge in [-0.25, -0.2) is 8.42 Å². The molecule has 2 aromatic rings. The zero-order valence-electron chi connectivity index (χ0n) is 16.2. The molecule has 150 valence electrons. The fourth-order valence-electron chi connectivity index (χ4n) is 2.96. The number of nitrogens with one attached hydrogen (secondary N) is 1. The largest absolute Gasteiger partial charge is 0.490 e. The van der Waals surface area contributed by atoms with Crippen molar-refractivity contribution < 1.29 is 22.7 Å². The van der Waals surface area contributed by atoms with Gasteiger partial charge in [0, 0.05) is 25.2 Å². The highest BCUT2D eigenvalue weighted by Gasteiger charge is 2.25. The summed E-state index contributed by atoms with van der Waals surface area (Å²) in [6, 6.07) is 10.2. The highest BCUT2D eigenvalue weighted by Crippen LogP contribution is 2.32.